The highest BCUT2D eigenvalue weighted by atomic mass is 32.2. The summed E-state index contributed by atoms with van der Waals surface area (Å²) in [6.45, 7) is 4.60. The third-order valence-corrected chi connectivity index (χ3v) is 7.37. The Bertz CT molecular complexity index is 834. The van der Waals surface area contributed by atoms with Crippen LogP contribution in [-0.2, 0) is 10.0 Å². The van der Waals surface area contributed by atoms with Crippen LogP contribution in [0.2, 0.25) is 0 Å². The van der Waals surface area contributed by atoms with Crippen LogP contribution < -0.4 is 5.32 Å². The molecule has 0 saturated carbocycles. The van der Waals surface area contributed by atoms with Gasteiger partial charge in [-0.1, -0.05) is 13.0 Å². The highest BCUT2D eigenvalue weighted by Gasteiger charge is 2.32. The summed E-state index contributed by atoms with van der Waals surface area (Å²) in [6.07, 6.45) is 2.47. The number of amides is 1. The molecule has 0 aromatic carbocycles. The summed E-state index contributed by atoms with van der Waals surface area (Å²) >= 11 is 1.57. The maximum Gasteiger partial charge on any atom is 0.287 e. The van der Waals surface area contributed by atoms with Gasteiger partial charge >= 0.3 is 0 Å². The second-order valence-electron chi connectivity index (χ2n) is 6.09. The van der Waals surface area contributed by atoms with Crippen molar-refractivity contribution in [3.63, 3.8) is 0 Å². The van der Waals surface area contributed by atoms with E-state index >= 15 is 0 Å². The van der Waals surface area contributed by atoms with Crippen molar-refractivity contribution in [2.75, 3.05) is 13.1 Å². The third-order valence-electron chi connectivity index (χ3n) is 4.38. The fourth-order valence-corrected chi connectivity index (χ4v) is 5.53. The molecule has 1 amide bonds. The van der Waals surface area contributed by atoms with E-state index in [4.69, 9.17) is 4.42 Å². The monoisotopic (exact) mass is 382 g/mol. The van der Waals surface area contributed by atoms with Gasteiger partial charge in [0.15, 0.2) is 5.76 Å². The van der Waals surface area contributed by atoms with Crippen LogP contribution in [-0.4, -0.2) is 31.7 Å². The zero-order valence-electron chi connectivity index (χ0n) is 14.3. The average Bonchev–Trinajstić information content (AvgIpc) is 3.32. The second kappa shape index (κ2) is 7.31. The minimum atomic E-state index is -3.60. The minimum Gasteiger partial charge on any atom is -0.455 e. The molecule has 1 atom stereocenters. The molecule has 1 aliphatic heterocycles. The molecule has 0 spiro atoms. The van der Waals surface area contributed by atoms with Crippen LogP contribution in [0.25, 0.3) is 0 Å². The van der Waals surface area contributed by atoms with Crippen molar-refractivity contribution < 1.29 is 17.6 Å². The molecule has 2 aromatic heterocycles. The van der Waals surface area contributed by atoms with Crippen molar-refractivity contribution >= 4 is 27.3 Å². The van der Waals surface area contributed by atoms with E-state index in [1.54, 1.807) is 18.3 Å². The average molecular weight is 383 g/mol. The number of hydrogen-bond donors (Lipinski definition) is 1. The number of aryl methyl sites for hydroxylation is 1. The van der Waals surface area contributed by atoms with Crippen LogP contribution in [0.1, 0.15) is 53.4 Å². The predicted molar refractivity (Wildman–Crippen MR) is 96.3 cm³/mol. The van der Waals surface area contributed by atoms with E-state index in [-0.39, 0.29) is 22.5 Å². The number of hydrogen-bond acceptors (Lipinski definition) is 5. The van der Waals surface area contributed by atoms with Crippen LogP contribution in [0.15, 0.2) is 32.9 Å². The van der Waals surface area contributed by atoms with Gasteiger partial charge in [-0.2, -0.15) is 4.31 Å². The van der Waals surface area contributed by atoms with E-state index in [1.165, 1.54) is 10.4 Å². The molecule has 25 heavy (non-hydrogen) atoms. The number of sulfonamides is 1. The van der Waals surface area contributed by atoms with Gasteiger partial charge in [0.1, 0.15) is 10.7 Å². The lowest BCUT2D eigenvalue weighted by Crippen LogP contribution is -2.28. The third kappa shape index (κ3) is 3.65. The molecule has 1 fully saturated rings. The molecule has 1 aliphatic rings. The van der Waals surface area contributed by atoms with Gasteiger partial charge in [0.2, 0.25) is 10.0 Å². The smallest absolute Gasteiger partial charge is 0.287 e. The maximum absolute atomic E-state index is 12.7. The first-order valence-electron chi connectivity index (χ1n) is 8.38. The van der Waals surface area contributed by atoms with Gasteiger partial charge < -0.3 is 9.73 Å². The molecule has 3 heterocycles. The van der Waals surface area contributed by atoms with E-state index in [2.05, 4.69) is 5.32 Å². The van der Waals surface area contributed by atoms with Crippen molar-refractivity contribution in [3.8, 4) is 0 Å². The molecule has 2 aromatic rings. The quantitative estimate of drug-likeness (QED) is 0.831. The lowest BCUT2D eigenvalue weighted by Gasteiger charge is -2.14. The van der Waals surface area contributed by atoms with Gasteiger partial charge in [0, 0.05) is 24.0 Å². The number of furan rings is 1. The molecule has 0 bridgehead atoms. The highest BCUT2D eigenvalue weighted by Crippen LogP contribution is 2.27. The molecule has 3 rings (SSSR count). The van der Waals surface area contributed by atoms with Gasteiger partial charge in [-0.05, 0) is 37.6 Å². The Balaban J connectivity index is 1.80. The molecular formula is C17H22N2O4S2. The summed E-state index contributed by atoms with van der Waals surface area (Å²) in [7, 11) is -3.60. The molecule has 0 radical (unpaired) electrons. The van der Waals surface area contributed by atoms with Crippen molar-refractivity contribution in [1.82, 2.24) is 9.62 Å². The molecule has 6 nitrogen and oxygen atoms in total. The molecule has 136 valence electrons. The van der Waals surface area contributed by atoms with Gasteiger partial charge in [0.05, 0.1) is 6.04 Å². The zero-order chi connectivity index (χ0) is 18.0. The number of thiophene rings is 1. The van der Waals surface area contributed by atoms with Crippen molar-refractivity contribution in [2.24, 2.45) is 0 Å². The Morgan fingerprint density at radius 2 is 2.12 bits per heavy atom. The topological polar surface area (TPSA) is 79.6 Å². The summed E-state index contributed by atoms with van der Waals surface area (Å²) < 4.78 is 32.3. The first-order valence-corrected chi connectivity index (χ1v) is 10.7. The summed E-state index contributed by atoms with van der Waals surface area (Å²) in [5.74, 6) is -0.113. The lowest BCUT2D eigenvalue weighted by atomic mass is 10.2. The van der Waals surface area contributed by atoms with E-state index in [0.29, 0.717) is 13.1 Å². The minimum absolute atomic E-state index is 0.0327. The maximum atomic E-state index is 12.7. The summed E-state index contributed by atoms with van der Waals surface area (Å²) in [5.41, 5.74) is 0. The Morgan fingerprint density at radius 1 is 1.40 bits per heavy atom. The van der Waals surface area contributed by atoms with Crippen LogP contribution in [0.4, 0.5) is 0 Å². The van der Waals surface area contributed by atoms with Crippen molar-refractivity contribution in [1.29, 1.82) is 0 Å². The van der Waals surface area contributed by atoms with Crippen LogP contribution >= 0.6 is 11.3 Å². The molecular weight excluding hydrogens is 360 g/mol. The van der Waals surface area contributed by atoms with Crippen LogP contribution in [0.3, 0.4) is 0 Å². The normalized spacial score (nSPS) is 16.9. The Hall–Kier alpha value is -1.64. The Labute approximate surface area is 151 Å². The highest BCUT2D eigenvalue weighted by molar-refractivity contribution is 7.89. The molecule has 0 aliphatic carbocycles. The van der Waals surface area contributed by atoms with Gasteiger partial charge in [-0.3, -0.25) is 4.79 Å². The summed E-state index contributed by atoms with van der Waals surface area (Å²) in [6, 6.07) is 5.14. The number of nitrogens with zero attached hydrogens (tertiary/aromatic N) is 1. The zero-order valence-corrected chi connectivity index (χ0v) is 16.0. The molecule has 1 unspecified atom stereocenters. The van der Waals surface area contributed by atoms with Gasteiger partial charge in [-0.15, -0.1) is 11.3 Å². The first-order chi connectivity index (χ1) is 11.9. The van der Waals surface area contributed by atoms with E-state index < -0.39 is 15.9 Å². The molecule has 8 heteroatoms. The summed E-state index contributed by atoms with van der Waals surface area (Å²) in [4.78, 5) is 13.7. The number of rotatable bonds is 6. The summed E-state index contributed by atoms with van der Waals surface area (Å²) in [5, 5.41) is 4.88. The number of carbonyl (C=O) groups excluding carboxylic acids is 1. The fraction of sp³-hybridized carbons (Fsp3) is 0.471. The second-order valence-corrected chi connectivity index (χ2v) is 8.98. The molecule has 1 saturated heterocycles. The standard InChI is InChI=1S/C17H22N2O4S2/c1-3-13(15-7-6-10-24-15)18-17(20)14-11-16(12(2)23-14)25(21,22)19-8-4-5-9-19/h6-7,10-11,13H,3-5,8-9H2,1-2H3,(H,18,20). The van der Waals surface area contributed by atoms with Gasteiger partial charge in [0.25, 0.3) is 5.91 Å². The van der Waals surface area contributed by atoms with E-state index in [9.17, 15) is 13.2 Å². The first kappa shape index (κ1) is 18.2. The van der Waals surface area contributed by atoms with Crippen molar-refractivity contribution in [2.45, 2.75) is 44.0 Å². The predicted octanol–water partition coefficient (Wildman–Crippen LogP) is 3.32. The fourth-order valence-electron chi connectivity index (χ4n) is 2.99. The Kier molecular flexibility index (Phi) is 5.31. The van der Waals surface area contributed by atoms with Crippen molar-refractivity contribution in [3.05, 3.63) is 40.0 Å². The Morgan fingerprint density at radius 3 is 2.72 bits per heavy atom. The lowest BCUT2D eigenvalue weighted by molar-refractivity contribution is 0.0907. The van der Waals surface area contributed by atoms with E-state index in [1.807, 2.05) is 24.4 Å². The van der Waals surface area contributed by atoms with E-state index in [0.717, 1.165) is 24.1 Å². The number of nitrogens with one attached hydrogen (secondary N) is 1. The van der Waals surface area contributed by atoms with Crippen LogP contribution in [0.5, 0.6) is 0 Å². The van der Waals surface area contributed by atoms with Gasteiger partial charge in [-0.25, -0.2) is 8.42 Å². The van der Waals surface area contributed by atoms with Crippen LogP contribution in [0, 0.1) is 6.92 Å². The number of carbonyl (C=O) groups is 1. The largest absolute Gasteiger partial charge is 0.455 e. The molecule has 1 N–H and O–H groups in total. The SMILES string of the molecule is CCC(NC(=O)c1cc(S(=O)(=O)N2CCCC2)c(C)o1)c1cccs1.